The lowest BCUT2D eigenvalue weighted by atomic mass is 10.3. The highest BCUT2D eigenvalue weighted by Gasteiger charge is 2.09. The first-order valence-corrected chi connectivity index (χ1v) is 4.64. The topological polar surface area (TPSA) is 87.8 Å². The Labute approximate surface area is 87.0 Å². The van der Waals surface area contributed by atoms with E-state index in [2.05, 4.69) is 15.0 Å². The molecule has 0 saturated heterocycles. The van der Waals surface area contributed by atoms with E-state index in [1.54, 1.807) is 12.4 Å². The summed E-state index contributed by atoms with van der Waals surface area (Å²) in [4.78, 5) is 11.3. The molecule has 0 amide bonds. The first kappa shape index (κ1) is 9.82. The molecule has 5 nitrogen and oxygen atoms in total. The number of rotatable bonds is 3. The van der Waals surface area contributed by atoms with Gasteiger partial charge in [-0.1, -0.05) is 6.07 Å². The average molecular weight is 204 g/mol. The lowest BCUT2D eigenvalue weighted by Gasteiger charge is -2.02. The predicted octanol–water partition coefficient (Wildman–Crippen LogP) is 0.464. The minimum absolute atomic E-state index is 0.130. The monoisotopic (exact) mass is 204 g/mol. The summed E-state index contributed by atoms with van der Waals surface area (Å²) >= 11 is 0. The second-order valence-corrected chi connectivity index (χ2v) is 3.19. The minimum atomic E-state index is -0.470. The molecule has 1 unspecified atom stereocenters. The number of nitrogens with two attached hydrogens (primary N) is 1. The quantitative estimate of drug-likeness (QED) is 0.678. The van der Waals surface area contributed by atoms with Crippen LogP contribution in [0.15, 0.2) is 30.6 Å². The van der Waals surface area contributed by atoms with Gasteiger partial charge in [0.05, 0.1) is 30.2 Å². The largest absolute Gasteiger partial charge is 0.394 e. The fourth-order valence-corrected chi connectivity index (χ4v) is 1.26. The summed E-state index contributed by atoms with van der Waals surface area (Å²) in [7, 11) is 0. The van der Waals surface area contributed by atoms with Gasteiger partial charge in [0.25, 0.3) is 0 Å². The molecule has 2 heterocycles. The van der Waals surface area contributed by atoms with E-state index in [1.807, 2.05) is 18.2 Å². The number of aromatic amines is 1. The van der Waals surface area contributed by atoms with Gasteiger partial charge in [0.2, 0.25) is 0 Å². The molecule has 0 aliphatic carbocycles. The van der Waals surface area contributed by atoms with Crippen molar-refractivity contribution in [2.24, 2.45) is 5.73 Å². The van der Waals surface area contributed by atoms with Crippen LogP contribution < -0.4 is 5.73 Å². The molecule has 1 atom stereocenters. The first-order valence-electron chi connectivity index (χ1n) is 4.64. The van der Waals surface area contributed by atoms with Gasteiger partial charge in [0.1, 0.15) is 5.82 Å². The highest BCUT2D eigenvalue weighted by molar-refractivity contribution is 5.52. The molecule has 78 valence electrons. The fraction of sp³-hybridized carbons (Fsp3) is 0.200. The van der Waals surface area contributed by atoms with Crippen molar-refractivity contribution in [2.45, 2.75) is 6.04 Å². The van der Waals surface area contributed by atoms with Gasteiger partial charge in [0, 0.05) is 6.20 Å². The highest BCUT2D eigenvalue weighted by atomic mass is 16.3. The molecule has 2 rings (SSSR count). The number of aliphatic hydroxyl groups is 1. The van der Waals surface area contributed by atoms with Crippen molar-refractivity contribution in [3.63, 3.8) is 0 Å². The number of H-pyrrole nitrogens is 1. The molecule has 0 spiro atoms. The van der Waals surface area contributed by atoms with E-state index in [1.165, 1.54) is 0 Å². The van der Waals surface area contributed by atoms with Crippen LogP contribution in [0.4, 0.5) is 0 Å². The second-order valence-electron chi connectivity index (χ2n) is 3.19. The van der Waals surface area contributed by atoms with E-state index in [9.17, 15) is 0 Å². The summed E-state index contributed by atoms with van der Waals surface area (Å²) in [6.45, 7) is -0.130. The Morgan fingerprint density at radius 1 is 1.40 bits per heavy atom. The Morgan fingerprint density at radius 3 is 2.93 bits per heavy atom. The summed E-state index contributed by atoms with van der Waals surface area (Å²) in [5.41, 5.74) is 7.23. The van der Waals surface area contributed by atoms with Crippen LogP contribution in [0, 0.1) is 0 Å². The lowest BCUT2D eigenvalue weighted by molar-refractivity contribution is 0.264. The van der Waals surface area contributed by atoms with Crippen molar-refractivity contribution >= 4 is 0 Å². The maximum Gasteiger partial charge on any atom is 0.125 e. The zero-order chi connectivity index (χ0) is 10.7. The molecule has 0 radical (unpaired) electrons. The molecule has 0 fully saturated rings. The van der Waals surface area contributed by atoms with E-state index in [0.29, 0.717) is 5.82 Å². The zero-order valence-corrected chi connectivity index (χ0v) is 8.09. The molecule has 0 bridgehead atoms. The van der Waals surface area contributed by atoms with Crippen LogP contribution in [-0.2, 0) is 0 Å². The highest BCUT2D eigenvalue weighted by Crippen LogP contribution is 2.15. The Hall–Kier alpha value is -1.72. The van der Waals surface area contributed by atoms with Crippen molar-refractivity contribution in [2.75, 3.05) is 6.61 Å². The van der Waals surface area contributed by atoms with Gasteiger partial charge in [-0.15, -0.1) is 0 Å². The van der Waals surface area contributed by atoms with E-state index in [0.717, 1.165) is 11.4 Å². The van der Waals surface area contributed by atoms with Crippen LogP contribution in [0.2, 0.25) is 0 Å². The number of hydrogen-bond acceptors (Lipinski definition) is 4. The number of pyridine rings is 1. The second kappa shape index (κ2) is 4.20. The molecule has 4 N–H and O–H groups in total. The smallest absolute Gasteiger partial charge is 0.125 e. The maximum atomic E-state index is 8.87. The summed E-state index contributed by atoms with van der Waals surface area (Å²) in [5.74, 6) is 0.568. The minimum Gasteiger partial charge on any atom is -0.394 e. The van der Waals surface area contributed by atoms with Crippen LogP contribution in [-0.4, -0.2) is 26.7 Å². The molecule has 2 aromatic heterocycles. The zero-order valence-electron chi connectivity index (χ0n) is 8.09. The molecule has 5 heteroatoms. The van der Waals surface area contributed by atoms with E-state index in [4.69, 9.17) is 10.8 Å². The van der Waals surface area contributed by atoms with Gasteiger partial charge < -0.3 is 15.8 Å². The Morgan fingerprint density at radius 2 is 2.27 bits per heavy atom. The standard InChI is InChI=1S/C10H12N4O/c11-7(6-15)10-13-5-9(14-10)8-3-1-2-4-12-8/h1-5,7,15H,6,11H2,(H,13,14). The molecule has 2 aromatic rings. The van der Waals surface area contributed by atoms with Crippen molar-refractivity contribution in [3.8, 4) is 11.4 Å². The normalized spacial score (nSPS) is 12.7. The fourth-order valence-electron chi connectivity index (χ4n) is 1.26. The molecular weight excluding hydrogens is 192 g/mol. The van der Waals surface area contributed by atoms with Gasteiger partial charge in [-0.25, -0.2) is 4.98 Å². The Balaban J connectivity index is 2.28. The SMILES string of the molecule is NC(CO)c1ncc(-c2ccccn2)[nH]1. The molecule has 0 aromatic carbocycles. The van der Waals surface area contributed by atoms with Crippen molar-refractivity contribution < 1.29 is 5.11 Å². The molecule has 0 aliphatic heterocycles. The molecule has 15 heavy (non-hydrogen) atoms. The number of imidazole rings is 1. The summed E-state index contributed by atoms with van der Waals surface area (Å²) in [6.07, 6.45) is 3.37. The number of nitrogens with one attached hydrogen (secondary N) is 1. The van der Waals surface area contributed by atoms with E-state index >= 15 is 0 Å². The molecular formula is C10H12N4O. The van der Waals surface area contributed by atoms with Gasteiger partial charge in [-0.05, 0) is 12.1 Å². The summed E-state index contributed by atoms with van der Waals surface area (Å²) in [5, 5.41) is 8.87. The third-order valence-electron chi connectivity index (χ3n) is 2.08. The van der Waals surface area contributed by atoms with Gasteiger partial charge in [-0.3, -0.25) is 4.98 Å². The van der Waals surface area contributed by atoms with Crippen LogP contribution in [0.5, 0.6) is 0 Å². The average Bonchev–Trinajstić information content (AvgIpc) is 2.78. The van der Waals surface area contributed by atoms with Crippen LogP contribution in [0.25, 0.3) is 11.4 Å². The summed E-state index contributed by atoms with van der Waals surface area (Å²) in [6, 6.07) is 5.15. The first-order chi connectivity index (χ1) is 7.31. The lowest BCUT2D eigenvalue weighted by Crippen LogP contribution is -2.15. The van der Waals surface area contributed by atoms with Crippen molar-refractivity contribution in [1.29, 1.82) is 0 Å². The number of nitrogens with zero attached hydrogens (tertiary/aromatic N) is 2. The van der Waals surface area contributed by atoms with Crippen molar-refractivity contribution in [1.82, 2.24) is 15.0 Å². The van der Waals surface area contributed by atoms with E-state index in [-0.39, 0.29) is 6.61 Å². The Bertz CT molecular complexity index is 426. The third kappa shape index (κ3) is 2.03. The molecule has 0 aliphatic rings. The van der Waals surface area contributed by atoms with Gasteiger partial charge in [0.15, 0.2) is 0 Å². The summed E-state index contributed by atoms with van der Waals surface area (Å²) < 4.78 is 0. The predicted molar refractivity (Wildman–Crippen MR) is 55.8 cm³/mol. The maximum absolute atomic E-state index is 8.87. The van der Waals surface area contributed by atoms with Crippen LogP contribution >= 0.6 is 0 Å². The third-order valence-corrected chi connectivity index (χ3v) is 2.08. The van der Waals surface area contributed by atoms with Gasteiger partial charge >= 0.3 is 0 Å². The Kier molecular flexibility index (Phi) is 2.75. The van der Waals surface area contributed by atoms with Gasteiger partial charge in [-0.2, -0.15) is 0 Å². The molecule has 0 saturated carbocycles. The van der Waals surface area contributed by atoms with E-state index < -0.39 is 6.04 Å². The van der Waals surface area contributed by atoms with Crippen LogP contribution in [0.1, 0.15) is 11.9 Å². The number of hydrogen-bond donors (Lipinski definition) is 3. The number of aliphatic hydroxyl groups excluding tert-OH is 1. The van der Waals surface area contributed by atoms with Crippen LogP contribution in [0.3, 0.4) is 0 Å². The number of aromatic nitrogens is 3. The van der Waals surface area contributed by atoms with Crippen molar-refractivity contribution in [3.05, 3.63) is 36.4 Å².